The Morgan fingerprint density at radius 2 is 2.00 bits per heavy atom. The van der Waals surface area contributed by atoms with Crippen molar-refractivity contribution in [3.8, 4) is 0 Å². The summed E-state index contributed by atoms with van der Waals surface area (Å²) in [6, 6.07) is 4.68. The van der Waals surface area contributed by atoms with Crippen molar-refractivity contribution in [1.29, 1.82) is 0 Å². The molecule has 0 radical (unpaired) electrons. The average molecular weight is 404 g/mol. The largest absolute Gasteiger partial charge is 0.478 e. The van der Waals surface area contributed by atoms with Crippen molar-refractivity contribution in [2.45, 2.75) is 0 Å². The number of hydrogen-bond donors (Lipinski definition) is 2. The van der Waals surface area contributed by atoms with Crippen LogP contribution in [0.4, 0.5) is 5.69 Å². The van der Waals surface area contributed by atoms with E-state index in [0.29, 0.717) is 0 Å². The van der Waals surface area contributed by atoms with Gasteiger partial charge < -0.3 is 10.4 Å². The normalized spacial score (nSPS) is 10.1. The van der Waals surface area contributed by atoms with E-state index in [9.17, 15) is 9.59 Å². The lowest BCUT2D eigenvalue weighted by molar-refractivity contribution is 0.0698. The maximum Gasteiger partial charge on any atom is 0.337 e. The molecule has 8 heteroatoms. The van der Waals surface area contributed by atoms with Gasteiger partial charge in [-0.3, -0.25) is 4.79 Å². The number of anilines is 1. The number of carbonyl (C=O) groups is 2. The van der Waals surface area contributed by atoms with Crippen molar-refractivity contribution in [3.05, 3.63) is 50.6 Å². The van der Waals surface area contributed by atoms with Gasteiger partial charge in [0.2, 0.25) is 0 Å². The first-order chi connectivity index (χ1) is 9.47. The van der Waals surface area contributed by atoms with Crippen molar-refractivity contribution < 1.29 is 14.7 Å². The maximum absolute atomic E-state index is 11.9. The van der Waals surface area contributed by atoms with Crippen LogP contribution < -0.4 is 5.32 Å². The first-order valence-corrected chi connectivity index (χ1v) is 6.75. The number of carboxylic acid groups (broad SMARTS) is 1. The molecule has 0 unspecified atom stereocenters. The Kier molecular flexibility index (Phi) is 4.50. The number of carboxylic acids is 1. The van der Waals surface area contributed by atoms with Crippen molar-refractivity contribution in [3.63, 3.8) is 0 Å². The van der Waals surface area contributed by atoms with Crippen molar-refractivity contribution in [2.24, 2.45) is 0 Å². The lowest BCUT2D eigenvalue weighted by Gasteiger charge is -2.08. The van der Waals surface area contributed by atoms with Crippen LogP contribution in [-0.4, -0.2) is 27.0 Å². The molecule has 1 aromatic heterocycles. The molecule has 102 valence electrons. The summed E-state index contributed by atoms with van der Waals surface area (Å²) in [5.41, 5.74) is 0.246. The number of halogens is 2. The Bertz CT molecular complexity index is 676. The molecule has 1 aromatic carbocycles. The molecule has 0 bridgehead atoms. The Hall–Kier alpha value is -1.74. The van der Waals surface area contributed by atoms with Gasteiger partial charge in [0.05, 0.1) is 23.6 Å². The fraction of sp³-hybridized carbons (Fsp3) is 0. The van der Waals surface area contributed by atoms with Gasteiger partial charge in [-0.05, 0) is 40.8 Å². The van der Waals surface area contributed by atoms with Crippen LogP contribution in [0.1, 0.15) is 20.8 Å². The van der Waals surface area contributed by atoms with Crippen LogP contribution in [0.3, 0.4) is 0 Å². The van der Waals surface area contributed by atoms with Crippen LogP contribution >= 0.6 is 34.2 Å². The highest BCUT2D eigenvalue weighted by atomic mass is 127. The fourth-order valence-corrected chi connectivity index (χ4v) is 2.01. The van der Waals surface area contributed by atoms with Gasteiger partial charge in [-0.2, -0.15) is 0 Å². The molecule has 0 aliphatic heterocycles. The predicted molar refractivity (Wildman–Crippen MR) is 81.1 cm³/mol. The lowest BCUT2D eigenvalue weighted by atomic mass is 10.2. The van der Waals surface area contributed by atoms with Gasteiger partial charge in [0.25, 0.3) is 5.91 Å². The van der Waals surface area contributed by atoms with Gasteiger partial charge in [0.1, 0.15) is 10.8 Å². The van der Waals surface area contributed by atoms with E-state index in [-0.39, 0.29) is 22.1 Å². The molecule has 0 aliphatic rings. The fourth-order valence-electron chi connectivity index (χ4n) is 1.42. The summed E-state index contributed by atoms with van der Waals surface area (Å²) in [6.45, 7) is 0. The SMILES string of the molecule is O=C(Nc1ccc(I)cc1C(=O)O)c1cnc(Cl)cn1. The highest BCUT2D eigenvalue weighted by Crippen LogP contribution is 2.19. The Balaban J connectivity index is 2.28. The predicted octanol–water partition coefficient (Wildman–Crippen LogP) is 2.69. The van der Waals surface area contributed by atoms with Crippen LogP contribution in [0.25, 0.3) is 0 Å². The number of aromatic nitrogens is 2. The molecule has 0 saturated heterocycles. The summed E-state index contributed by atoms with van der Waals surface area (Å²) in [4.78, 5) is 30.6. The zero-order valence-electron chi connectivity index (χ0n) is 9.80. The van der Waals surface area contributed by atoms with Crippen LogP contribution in [0.15, 0.2) is 30.6 Å². The van der Waals surface area contributed by atoms with E-state index >= 15 is 0 Å². The Morgan fingerprint density at radius 1 is 1.25 bits per heavy atom. The number of nitrogens with one attached hydrogen (secondary N) is 1. The summed E-state index contributed by atoms with van der Waals surface area (Å²) in [6.07, 6.45) is 2.45. The van der Waals surface area contributed by atoms with Crippen LogP contribution in [-0.2, 0) is 0 Å². The molecule has 1 amide bonds. The summed E-state index contributed by atoms with van der Waals surface area (Å²) in [7, 11) is 0. The minimum atomic E-state index is -1.12. The summed E-state index contributed by atoms with van der Waals surface area (Å²) >= 11 is 7.57. The minimum absolute atomic E-state index is 0.00664. The van der Waals surface area contributed by atoms with Crippen LogP contribution in [0, 0.1) is 3.57 Å². The molecule has 0 saturated carbocycles. The van der Waals surface area contributed by atoms with Crippen molar-refractivity contribution >= 4 is 51.8 Å². The minimum Gasteiger partial charge on any atom is -0.478 e. The van der Waals surface area contributed by atoms with Crippen LogP contribution in [0.2, 0.25) is 5.15 Å². The number of hydrogen-bond acceptors (Lipinski definition) is 4. The van der Waals surface area contributed by atoms with Gasteiger partial charge in [0.15, 0.2) is 0 Å². The molecule has 2 rings (SSSR count). The molecule has 0 fully saturated rings. The first-order valence-electron chi connectivity index (χ1n) is 5.29. The molecule has 0 aliphatic carbocycles. The molecule has 0 spiro atoms. The number of aromatic carboxylic acids is 1. The molecular weight excluding hydrogens is 397 g/mol. The van der Waals surface area contributed by atoms with E-state index in [0.717, 1.165) is 3.57 Å². The van der Waals surface area contributed by atoms with Gasteiger partial charge in [-0.25, -0.2) is 14.8 Å². The highest BCUT2D eigenvalue weighted by Gasteiger charge is 2.15. The lowest BCUT2D eigenvalue weighted by Crippen LogP contribution is -2.16. The van der Waals surface area contributed by atoms with Crippen molar-refractivity contribution in [2.75, 3.05) is 5.32 Å². The van der Waals surface area contributed by atoms with Crippen molar-refractivity contribution in [1.82, 2.24) is 9.97 Å². The smallest absolute Gasteiger partial charge is 0.337 e. The topological polar surface area (TPSA) is 92.2 Å². The third kappa shape index (κ3) is 3.42. The van der Waals surface area contributed by atoms with E-state index in [2.05, 4.69) is 15.3 Å². The quantitative estimate of drug-likeness (QED) is 0.769. The van der Waals surface area contributed by atoms with E-state index in [4.69, 9.17) is 16.7 Å². The molecular formula is C12H7ClIN3O3. The Labute approximate surface area is 132 Å². The average Bonchev–Trinajstić information content (AvgIpc) is 2.41. The van der Waals surface area contributed by atoms with Gasteiger partial charge in [-0.1, -0.05) is 11.6 Å². The number of nitrogens with zero attached hydrogens (tertiary/aromatic N) is 2. The third-order valence-corrected chi connectivity index (χ3v) is 3.18. The number of benzene rings is 1. The second kappa shape index (κ2) is 6.14. The summed E-state index contributed by atoms with van der Waals surface area (Å²) in [5.74, 6) is -1.68. The van der Waals surface area contributed by atoms with Crippen LogP contribution in [0.5, 0.6) is 0 Å². The maximum atomic E-state index is 11.9. The summed E-state index contributed by atoms with van der Waals surface area (Å²) < 4.78 is 0.754. The Morgan fingerprint density at radius 3 is 2.60 bits per heavy atom. The summed E-state index contributed by atoms with van der Waals surface area (Å²) in [5, 5.41) is 11.8. The second-order valence-corrected chi connectivity index (χ2v) is 5.31. The standard InChI is InChI=1S/C12H7ClIN3O3/c13-10-5-15-9(4-16-10)11(18)17-8-2-1-6(14)3-7(8)12(19)20/h1-5H,(H,17,18)(H,19,20). The van der Waals surface area contributed by atoms with E-state index in [1.807, 2.05) is 22.6 Å². The van der Waals surface area contributed by atoms with Gasteiger partial charge >= 0.3 is 5.97 Å². The molecule has 1 heterocycles. The number of carbonyl (C=O) groups excluding carboxylic acids is 1. The third-order valence-electron chi connectivity index (χ3n) is 2.31. The molecule has 0 atom stereocenters. The number of amides is 1. The molecule has 2 aromatic rings. The highest BCUT2D eigenvalue weighted by molar-refractivity contribution is 14.1. The monoisotopic (exact) mass is 403 g/mol. The van der Waals surface area contributed by atoms with E-state index in [1.165, 1.54) is 24.5 Å². The molecule has 6 nitrogen and oxygen atoms in total. The van der Waals surface area contributed by atoms with Gasteiger partial charge in [-0.15, -0.1) is 0 Å². The zero-order chi connectivity index (χ0) is 14.7. The first kappa shape index (κ1) is 14.7. The zero-order valence-corrected chi connectivity index (χ0v) is 12.7. The number of rotatable bonds is 3. The van der Waals surface area contributed by atoms with E-state index in [1.54, 1.807) is 6.07 Å². The molecule has 20 heavy (non-hydrogen) atoms. The van der Waals surface area contributed by atoms with E-state index < -0.39 is 11.9 Å². The van der Waals surface area contributed by atoms with Gasteiger partial charge in [0, 0.05) is 3.57 Å². The molecule has 2 N–H and O–H groups in total. The second-order valence-electron chi connectivity index (χ2n) is 3.67.